The van der Waals surface area contributed by atoms with Gasteiger partial charge in [0.25, 0.3) is 0 Å². The molecule has 1 amide bonds. The number of aryl methyl sites for hydroxylation is 1. The molecule has 0 spiro atoms. The topological polar surface area (TPSA) is 109 Å². The minimum Gasteiger partial charge on any atom is -0.497 e. The third-order valence-electron chi connectivity index (χ3n) is 5.29. The maximum absolute atomic E-state index is 12.2. The molecule has 174 valence electrons. The Hall–Kier alpha value is -3.08. The lowest BCUT2D eigenvalue weighted by molar-refractivity contribution is 0.167. The number of benzene rings is 2. The van der Waals surface area contributed by atoms with E-state index >= 15 is 0 Å². The minimum absolute atomic E-state index is 0.297. The second kappa shape index (κ2) is 9.42. The van der Waals surface area contributed by atoms with Gasteiger partial charge in [0.15, 0.2) is 0 Å². The molecule has 0 aliphatic heterocycles. The minimum atomic E-state index is -4.31. The van der Waals surface area contributed by atoms with Gasteiger partial charge in [0.05, 0.1) is 37.4 Å². The highest BCUT2D eigenvalue weighted by atomic mass is 35.5. The monoisotopic (exact) mass is 491 g/mol. The molecule has 1 unspecified atom stereocenters. The summed E-state index contributed by atoms with van der Waals surface area (Å²) in [5.41, 5.74) is 4.25. The van der Waals surface area contributed by atoms with Crippen molar-refractivity contribution in [2.24, 2.45) is 0 Å². The van der Waals surface area contributed by atoms with Gasteiger partial charge in [-0.2, -0.15) is 18.2 Å². The second-order valence-corrected chi connectivity index (χ2v) is 9.14. The Morgan fingerprint density at radius 1 is 1.12 bits per heavy atom. The first-order valence-corrected chi connectivity index (χ1v) is 11.9. The molecule has 9 nitrogen and oxygen atoms in total. The first kappa shape index (κ1) is 23.1. The molecule has 1 aromatic heterocycles. The molecule has 0 saturated carbocycles. The smallest absolute Gasteiger partial charge is 0.422 e. The maximum atomic E-state index is 12.2. The molecular formula is C22H22ClN3O6S. The molecule has 11 heteroatoms. The van der Waals surface area contributed by atoms with Crippen molar-refractivity contribution >= 4 is 28.0 Å². The summed E-state index contributed by atoms with van der Waals surface area (Å²) in [7, 11) is -1.64. The predicted octanol–water partition coefficient (Wildman–Crippen LogP) is 3.68. The zero-order chi connectivity index (χ0) is 23.6. The SMILES string of the molecule is COC(=O)NS(=O)(=O)OC1CCc2nn(-c3ccc(OC)cc3)c(-c3ccc(Cl)cc3)c2C1. The summed E-state index contributed by atoms with van der Waals surface area (Å²) in [6.07, 6.45) is -0.544. The number of nitrogens with one attached hydrogen (secondary N) is 1. The van der Waals surface area contributed by atoms with Crippen LogP contribution in [0.1, 0.15) is 17.7 Å². The van der Waals surface area contributed by atoms with Gasteiger partial charge in [0.1, 0.15) is 5.75 Å². The van der Waals surface area contributed by atoms with E-state index in [9.17, 15) is 13.2 Å². The van der Waals surface area contributed by atoms with Crippen LogP contribution in [-0.2, 0) is 32.1 Å². The Morgan fingerprint density at radius 2 is 1.82 bits per heavy atom. The van der Waals surface area contributed by atoms with Crippen LogP contribution in [0, 0.1) is 0 Å². The van der Waals surface area contributed by atoms with Crippen LogP contribution in [0.25, 0.3) is 16.9 Å². The number of aromatic nitrogens is 2. The summed E-state index contributed by atoms with van der Waals surface area (Å²) >= 11 is 6.09. The van der Waals surface area contributed by atoms with E-state index in [0.29, 0.717) is 24.3 Å². The van der Waals surface area contributed by atoms with Crippen molar-refractivity contribution in [1.29, 1.82) is 0 Å². The van der Waals surface area contributed by atoms with Crippen LogP contribution < -0.4 is 9.46 Å². The number of rotatable bonds is 6. The summed E-state index contributed by atoms with van der Waals surface area (Å²) in [4.78, 5) is 11.3. The summed E-state index contributed by atoms with van der Waals surface area (Å²) < 4.78 is 42.7. The van der Waals surface area contributed by atoms with Crippen molar-refractivity contribution in [3.8, 4) is 22.7 Å². The number of fused-ring (bicyclic) bond motifs is 1. The van der Waals surface area contributed by atoms with E-state index < -0.39 is 22.5 Å². The van der Waals surface area contributed by atoms with Crippen LogP contribution in [0.4, 0.5) is 4.79 Å². The average Bonchev–Trinajstić information content (AvgIpc) is 3.17. The highest BCUT2D eigenvalue weighted by molar-refractivity contribution is 7.85. The fourth-order valence-corrected chi connectivity index (χ4v) is 4.77. The number of methoxy groups -OCH3 is 2. The molecule has 1 aliphatic carbocycles. The molecule has 1 N–H and O–H groups in total. The average molecular weight is 492 g/mol. The van der Waals surface area contributed by atoms with E-state index in [0.717, 1.165) is 41.1 Å². The van der Waals surface area contributed by atoms with E-state index in [1.807, 2.05) is 41.1 Å². The maximum Gasteiger partial charge on any atom is 0.422 e. The number of ether oxygens (including phenoxy) is 2. The molecule has 33 heavy (non-hydrogen) atoms. The molecule has 0 bridgehead atoms. The standard InChI is InChI=1S/C22H22ClN3O6S/c1-30-17-9-7-16(8-10-17)26-21(14-3-5-15(23)6-4-14)19-13-18(11-12-20(19)24-26)32-33(28,29)25-22(27)31-2/h3-10,18H,11-13H2,1-2H3,(H,25,27). The summed E-state index contributed by atoms with van der Waals surface area (Å²) in [5, 5.41) is 5.42. The summed E-state index contributed by atoms with van der Waals surface area (Å²) in [6, 6.07) is 14.8. The van der Waals surface area contributed by atoms with Gasteiger partial charge < -0.3 is 9.47 Å². The van der Waals surface area contributed by atoms with Crippen molar-refractivity contribution in [1.82, 2.24) is 14.5 Å². The van der Waals surface area contributed by atoms with Crippen molar-refractivity contribution in [3.63, 3.8) is 0 Å². The van der Waals surface area contributed by atoms with Gasteiger partial charge >= 0.3 is 16.4 Å². The number of amides is 1. The predicted molar refractivity (Wildman–Crippen MR) is 122 cm³/mol. The fraction of sp³-hybridized carbons (Fsp3) is 0.273. The van der Waals surface area contributed by atoms with Crippen molar-refractivity contribution in [2.75, 3.05) is 14.2 Å². The van der Waals surface area contributed by atoms with Gasteiger partial charge in [-0.1, -0.05) is 23.7 Å². The Morgan fingerprint density at radius 3 is 2.45 bits per heavy atom. The van der Waals surface area contributed by atoms with E-state index in [2.05, 4.69) is 4.74 Å². The molecular weight excluding hydrogens is 470 g/mol. The first-order valence-electron chi connectivity index (χ1n) is 10.1. The molecule has 2 aromatic carbocycles. The van der Waals surface area contributed by atoms with Gasteiger partial charge in [0, 0.05) is 22.6 Å². The molecule has 3 aromatic rings. The highest BCUT2D eigenvalue weighted by Gasteiger charge is 2.31. The Kier molecular flexibility index (Phi) is 6.59. The molecule has 4 rings (SSSR count). The number of hydrogen-bond acceptors (Lipinski definition) is 7. The summed E-state index contributed by atoms with van der Waals surface area (Å²) in [6.45, 7) is 0. The van der Waals surface area contributed by atoms with Crippen molar-refractivity contribution in [2.45, 2.75) is 25.4 Å². The number of carbonyl (C=O) groups is 1. The Bertz CT molecular complexity index is 1260. The quantitative estimate of drug-likeness (QED) is 0.560. The largest absolute Gasteiger partial charge is 0.497 e. The number of halogens is 1. The molecule has 0 saturated heterocycles. The van der Waals surface area contributed by atoms with Gasteiger partial charge in [-0.25, -0.2) is 13.7 Å². The van der Waals surface area contributed by atoms with E-state index in [1.54, 1.807) is 24.0 Å². The molecule has 0 radical (unpaired) electrons. The lowest BCUT2D eigenvalue weighted by Crippen LogP contribution is -2.36. The normalized spacial score (nSPS) is 15.5. The van der Waals surface area contributed by atoms with E-state index in [1.165, 1.54) is 0 Å². The van der Waals surface area contributed by atoms with Gasteiger partial charge in [-0.15, -0.1) is 0 Å². The molecule has 1 heterocycles. The van der Waals surface area contributed by atoms with Crippen LogP contribution in [0.15, 0.2) is 48.5 Å². The third-order valence-corrected chi connectivity index (χ3v) is 6.49. The van der Waals surface area contributed by atoms with Crippen molar-refractivity contribution in [3.05, 3.63) is 64.8 Å². The second-order valence-electron chi connectivity index (χ2n) is 7.40. The summed E-state index contributed by atoms with van der Waals surface area (Å²) in [5.74, 6) is 0.723. The molecule has 0 fully saturated rings. The Labute approximate surface area is 196 Å². The van der Waals surface area contributed by atoms with Gasteiger partial charge in [0.2, 0.25) is 0 Å². The van der Waals surface area contributed by atoms with Crippen molar-refractivity contribution < 1.29 is 26.9 Å². The van der Waals surface area contributed by atoms with Crippen LogP contribution in [-0.4, -0.2) is 44.6 Å². The van der Waals surface area contributed by atoms with Gasteiger partial charge in [-0.3, -0.25) is 0 Å². The lowest BCUT2D eigenvalue weighted by Gasteiger charge is -2.22. The van der Waals surface area contributed by atoms with Gasteiger partial charge in [-0.05, 0) is 49.2 Å². The van der Waals surface area contributed by atoms with Crippen LogP contribution in [0.5, 0.6) is 5.75 Å². The fourth-order valence-electron chi connectivity index (χ4n) is 3.78. The lowest BCUT2D eigenvalue weighted by atomic mass is 9.91. The first-order chi connectivity index (χ1) is 15.8. The zero-order valence-electron chi connectivity index (χ0n) is 17.9. The zero-order valence-corrected chi connectivity index (χ0v) is 19.5. The molecule has 1 aliphatic rings. The van der Waals surface area contributed by atoms with Crippen LogP contribution in [0.2, 0.25) is 5.02 Å². The molecule has 1 atom stereocenters. The van der Waals surface area contributed by atoms with E-state index in [4.69, 9.17) is 25.6 Å². The van der Waals surface area contributed by atoms with Crippen LogP contribution >= 0.6 is 11.6 Å². The third kappa shape index (κ3) is 5.13. The Balaban J connectivity index is 1.72. The number of nitrogens with zero attached hydrogens (tertiary/aromatic N) is 2. The number of hydrogen-bond donors (Lipinski definition) is 1. The van der Waals surface area contributed by atoms with Crippen LogP contribution in [0.3, 0.4) is 0 Å². The number of carbonyl (C=O) groups excluding carboxylic acids is 1. The highest BCUT2D eigenvalue weighted by Crippen LogP contribution is 2.35. The van der Waals surface area contributed by atoms with E-state index in [-0.39, 0.29) is 0 Å².